The van der Waals surface area contributed by atoms with Crippen molar-refractivity contribution >= 4 is 17.4 Å². The van der Waals surface area contributed by atoms with E-state index < -0.39 is 0 Å². The first-order valence-electron chi connectivity index (χ1n) is 8.98. The molecular weight excluding hydrogens is 346 g/mol. The summed E-state index contributed by atoms with van der Waals surface area (Å²) in [7, 11) is 4.69. The van der Waals surface area contributed by atoms with Crippen molar-refractivity contribution in [2.24, 2.45) is 0 Å². The predicted octanol–water partition coefficient (Wildman–Crippen LogP) is 3.52. The Morgan fingerprint density at radius 1 is 1.04 bits per heavy atom. The summed E-state index contributed by atoms with van der Waals surface area (Å²) in [5.41, 5.74) is 1.29. The number of carbonyl (C=O) groups is 1. The average molecular weight is 371 g/mol. The van der Waals surface area contributed by atoms with E-state index in [2.05, 4.69) is 15.6 Å². The lowest BCUT2D eigenvalue weighted by molar-refractivity contribution is 0.0937. The van der Waals surface area contributed by atoms with Crippen LogP contribution in [0.1, 0.15) is 36.0 Å². The van der Waals surface area contributed by atoms with E-state index in [9.17, 15) is 4.79 Å². The number of aromatic nitrogens is 1. The van der Waals surface area contributed by atoms with Gasteiger partial charge in [-0.15, -0.1) is 0 Å². The van der Waals surface area contributed by atoms with Crippen LogP contribution in [-0.4, -0.2) is 38.3 Å². The molecule has 1 heterocycles. The molecule has 0 unspecified atom stereocenters. The Hall–Kier alpha value is -2.96. The van der Waals surface area contributed by atoms with Gasteiger partial charge in [0.1, 0.15) is 5.82 Å². The fraction of sp³-hybridized carbons (Fsp3) is 0.400. The van der Waals surface area contributed by atoms with Crippen LogP contribution in [0.2, 0.25) is 0 Å². The van der Waals surface area contributed by atoms with Crippen molar-refractivity contribution < 1.29 is 19.0 Å². The molecule has 7 heteroatoms. The third kappa shape index (κ3) is 4.42. The van der Waals surface area contributed by atoms with Crippen LogP contribution in [0, 0.1) is 0 Å². The first-order valence-corrected chi connectivity index (χ1v) is 8.98. The van der Waals surface area contributed by atoms with Crippen molar-refractivity contribution in [2.75, 3.05) is 26.6 Å². The Morgan fingerprint density at radius 2 is 1.70 bits per heavy atom. The molecule has 2 N–H and O–H groups in total. The number of nitrogens with one attached hydrogen (secondary N) is 2. The standard InChI is InChI=1S/C20H25N3O4/c1-25-16-10-15(11-17(26-2)19(16)27-3)22-18-9-8-13(12-21-18)20(24)23-14-6-4-5-7-14/h8-12,14H,4-7H2,1-3H3,(H,21,22)(H,23,24). The number of amides is 1. The van der Waals surface area contributed by atoms with E-state index in [-0.39, 0.29) is 11.9 Å². The largest absolute Gasteiger partial charge is 0.493 e. The topological polar surface area (TPSA) is 81.7 Å². The summed E-state index contributed by atoms with van der Waals surface area (Å²) in [5, 5.41) is 6.25. The number of nitrogens with zero attached hydrogens (tertiary/aromatic N) is 1. The summed E-state index contributed by atoms with van der Waals surface area (Å²) in [5.74, 6) is 2.16. The van der Waals surface area contributed by atoms with E-state index in [1.165, 1.54) is 12.8 Å². The van der Waals surface area contributed by atoms with Gasteiger partial charge >= 0.3 is 0 Å². The van der Waals surface area contributed by atoms with Gasteiger partial charge in [0.25, 0.3) is 5.91 Å². The number of pyridine rings is 1. The molecule has 0 aliphatic heterocycles. The molecule has 0 bridgehead atoms. The van der Waals surface area contributed by atoms with E-state index in [1.54, 1.807) is 51.8 Å². The van der Waals surface area contributed by atoms with Gasteiger partial charge < -0.3 is 24.8 Å². The number of hydrogen-bond acceptors (Lipinski definition) is 6. The highest BCUT2D eigenvalue weighted by Crippen LogP contribution is 2.40. The van der Waals surface area contributed by atoms with E-state index in [4.69, 9.17) is 14.2 Å². The predicted molar refractivity (Wildman–Crippen MR) is 103 cm³/mol. The molecule has 1 aliphatic rings. The second kappa shape index (κ2) is 8.62. The molecule has 27 heavy (non-hydrogen) atoms. The second-order valence-electron chi connectivity index (χ2n) is 6.43. The Labute approximate surface area is 159 Å². The van der Waals surface area contributed by atoms with Crippen molar-refractivity contribution in [2.45, 2.75) is 31.7 Å². The van der Waals surface area contributed by atoms with Crippen molar-refractivity contribution in [1.29, 1.82) is 0 Å². The van der Waals surface area contributed by atoms with Crippen LogP contribution < -0.4 is 24.8 Å². The van der Waals surface area contributed by atoms with E-state index >= 15 is 0 Å². The molecule has 1 aromatic heterocycles. The lowest BCUT2D eigenvalue weighted by Crippen LogP contribution is -2.32. The van der Waals surface area contributed by atoms with Gasteiger partial charge in [0.2, 0.25) is 5.75 Å². The Balaban J connectivity index is 1.71. The molecule has 2 aromatic rings. The molecule has 1 aromatic carbocycles. The zero-order chi connectivity index (χ0) is 19.2. The summed E-state index contributed by atoms with van der Waals surface area (Å²) in [6, 6.07) is 7.41. The molecule has 7 nitrogen and oxygen atoms in total. The van der Waals surface area contributed by atoms with Gasteiger partial charge in [-0.05, 0) is 25.0 Å². The van der Waals surface area contributed by atoms with Gasteiger partial charge in [0.15, 0.2) is 11.5 Å². The number of carbonyl (C=O) groups excluding carboxylic acids is 1. The van der Waals surface area contributed by atoms with Gasteiger partial charge in [0.05, 0.1) is 26.9 Å². The van der Waals surface area contributed by atoms with Crippen LogP contribution in [0.15, 0.2) is 30.5 Å². The van der Waals surface area contributed by atoms with Crippen LogP contribution in [0.3, 0.4) is 0 Å². The molecule has 0 atom stereocenters. The molecule has 0 spiro atoms. The minimum atomic E-state index is -0.0752. The summed E-state index contributed by atoms with van der Waals surface area (Å²) in [6.45, 7) is 0. The zero-order valence-corrected chi connectivity index (χ0v) is 15.9. The minimum absolute atomic E-state index is 0.0752. The number of benzene rings is 1. The third-order valence-corrected chi connectivity index (χ3v) is 4.65. The lowest BCUT2D eigenvalue weighted by atomic mass is 10.2. The fourth-order valence-corrected chi connectivity index (χ4v) is 3.24. The summed E-state index contributed by atoms with van der Waals surface area (Å²) in [6.07, 6.45) is 6.05. The molecule has 1 saturated carbocycles. The molecule has 1 aliphatic carbocycles. The third-order valence-electron chi connectivity index (χ3n) is 4.65. The molecule has 3 rings (SSSR count). The summed E-state index contributed by atoms with van der Waals surface area (Å²) in [4.78, 5) is 16.6. The monoisotopic (exact) mass is 371 g/mol. The normalized spacial score (nSPS) is 13.9. The SMILES string of the molecule is COc1cc(Nc2ccc(C(=O)NC3CCCC3)cn2)cc(OC)c1OC. The highest BCUT2D eigenvalue weighted by Gasteiger charge is 2.18. The number of ether oxygens (including phenoxy) is 3. The van der Waals surface area contributed by atoms with Gasteiger partial charge in [-0.1, -0.05) is 12.8 Å². The zero-order valence-electron chi connectivity index (χ0n) is 15.9. The Kier molecular flexibility index (Phi) is 6.01. The summed E-state index contributed by atoms with van der Waals surface area (Å²) >= 11 is 0. The molecular formula is C20H25N3O4. The van der Waals surface area contributed by atoms with E-state index in [0.717, 1.165) is 18.5 Å². The maximum atomic E-state index is 12.3. The van der Waals surface area contributed by atoms with Gasteiger partial charge in [-0.25, -0.2) is 4.98 Å². The molecule has 0 saturated heterocycles. The molecule has 1 fully saturated rings. The van der Waals surface area contributed by atoms with Crippen molar-refractivity contribution in [3.05, 3.63) is 36.0 Å². The maximum absolute atomic E-state index is 12.3. The van der Waals surface area contributed by atoms with E-state index in [0.29, 0.717) is 28.6 Å². The fourth-order valence-electron chi connectivity index (χ4n) is 3.24. The molecule has 0 radical (unpaired) electrons. The molecule has 144 valence electrons. The smallest absolute Gasteiger partial charge is 0.253 e. The highest BCUT2D eigenvalue weighted by atomic mass is 16.5. The van der Waals surface area contributed by atoms with E-state index in [1.807, 2.05) is 0 Å². The molecule has 1 amide bonds. The first-order chi connectivity index (χ1) is 13.1. The Morgan fingerprint density at radius 3 is 2.22 bits per heavy atom. The van der Waals surface area contributed by atoms with Crippen LogP contribution in [0.5, 0.6) is 17.2 Å². The second-order valence-corrected chi connectivity index (χ2v) is 6.43. The van der Waals surface area contributed by atoms with Crippen LogP contribution in [0.4, 0.5) is 11.5 Å². The van der Waals surface area contributed by atoms with Crippen molar-refractivity contribution in [3.8, 4) is 17.2 Å². The summed E-state index contributed by atoms with van der Waals surface area (Å²) < 4.78 is 16.0. The van der Waals surface area contributed by atoms with Crippen LogP contribution in [-0.2, 0) is 0 Å². The lowest BCUT2D eigenvalue weighted by Gasteiger charge is -2.15. The average Bonchev–Trinajstić information content (AvgIpc) is 3.20. The van der Waals surface area contributed by atoms with Gasteiger partial charge in [-0.3, -0.25) is 4.79 Å². The number of methoxy groups -OCH3 is 3. The van der Waals surface area contributed by atoms with Gasteiger partial charge in [0, 0.05) is 30.1 Å². The highest BCUT2D eigenvalue weighted by molar-refractivity contribution is 5.94. The quantitative estimate of drug-likeness (QED) is 0.775. The Bertz CT molecular complexity index is 761. The maximum Gasteiger partial charge on any atom is 0.253 e. The van der Waals surface area contributed by atoms with Crippen LogP contribution >= 0.6 is 0 Å². The van der Waals surface area contributed by atoms with Crippen LogP contribution in [0.25, 0.3) is 0 Å². The first kappa shape index (κ1) is 18.8. The minimum Gasteiger partial charge on any atom is -0.493 e. The van der Waals surface area contributed by atoms with Crippen molar-refractivity contribution in [3.63, 3.8) is 0 Å². The number of rotatable bonds is 7. The van der Waals surface area contributed by atoms with Crippen molar-refractivity contribution in [1.82, 2.24) is 10.3 Å². The number of hydrogen-bond donors (Lipinski definition) is 2. The number of anilines is 2. The van der Waals surface area contributed by atoms with Gasteiger partial charge in [-0.2, -0.15) is 0 Å².